The maximum Gasteiger partial charge on any atom is 0.167 e. The largest absolute Gasteiger partial charge is 0.455 e. The van der Waals surface area contributed by atoms with Crippen molar-refractivity contribution in [3.63, 3.8) is 0 Å². The molecule has 8 aromatic carbocycles. The van der Waals surface area contributed by atoms with Crippen LogP contribution in [0.1, 0.15) is 0 Å². The average Bonchev–Trinajstić information content (AvgIpc) is 3.83. The van der Waals surface area contributed by atoms with E-state index >= 15 is 0 Å². The third-order valence-electron chi connectivity index (χ3n) is 10.7. The molecule has 5 nitrogen and oxygen atoms in total. The van der Waals surface area contributed by atoms with E-state index in [-0.39, 0.29) is 0 Å². The molecule has 0 aliphatic carbocycles. The zero-order valence-electron chi connectivity index (χ0n) is 30.2. The number of para-hydroxylation sites is 4. The first-order valence-corrected chi connectivity index (χ1v) is 18.8. The Morgan fingerprint density at radius 2 is 0.821 bits per heavy atom. The highest BCUT2D eigenvalue weighted by atomic mass is 16.3. The van der Waals surface area contributed by atoms with Gasteiger partial charge in [0.15, 0.2) is 17.5 Å². The second kappa shape index (κ2) is 13.0. The molecule has 0 fully saturated rings. The molecule has 262 valence electrons. The van der Waals surface area contributed by atoms with E-state index in [1.165, 1.54) is 27.4 Å². The SMILES string of the molecule is c1ccc(-c2nc(-c3ccccc3)nc(-c3cccc4c3oc3c(-c5ccc(-c6ccc7c(c6)c6ccccc6n7-c6ccccc6)cc5)cccc34)n2)cc1. The van der Waals surface area contributed by atoms with Gasteiger partial charge in [0.1, 0.15) is 11.2 Å². The lowest BCUT2D eigenvalue weighted by Gasteiger charge is -2.09. The van der Waals surface area contributed by atoms with E-state index in [0.717, 1.165) is 61.0 Å². The van der Waals surface area contributed by atoms with Gasteiger partial charge in [-0.25, -0.2) is 15.0 Å². The smallest absolute Gasteiger partial charge is 0.167 e. The van der Waals surface area contributed by atoms with Crippen LogP contribution in [0.5, 0.6) is 0 Å². The highest BCUT2D eigenvalue weighted by Gasteiger charge is 2.20. The number of hydrogen-bond acceptors (Lipinski definition) is 4. The van der Waals surface area contributed by atoms with E-state index in [0.29, 0.717) is 17.5 Å². The van der Waals surface area contributed by atoms with Crippen molar-refractivity contribution in [1.29, 1.82) is 0 Å². The van der Waals surface area contributed by atoms with Crippen molar-refractivity contribution in [3.05, 3.63) is 194 Å². The highest BCUT2D eigenvalue weighted by molar-refractivity contribution is 6.13. The summed E-state index contributed by atoms with van der Waals surface area (Å²) in [6.07, 6.45) is 0. The summed E-state index contributed by atoms with van der Waals surface area (Å²) < 4.78 is 9.20. The predicted octanol–water partition coefficient (Wildman–Crippen LogP) is 13.2. The quantitative estimate of drug-likeness (QED) is 0.172. The standard InChI is InChI=1S/C51H32N4O/c1-4-14-35(15-5-1)49-52-50(36-16-6-2-7-17-36)54-51(53-49)43-24-13-23-42-41-22-12-21-39(47(41)56-48(42)43)34-28-26-33(27-29-34)37-30-31-46-44(32-37)40-20-10-11-25-45(40)55(46)38-18-8-3-9-19-38/h1-32H. The average molecular weight is 717 g/mol. The van der Waals surface area contributed by atoms with Crippen LogP contribution in [0, 0.1) is 0 Å². The van der Waals surface area contributed by atoms with Gasteiger partial charge in [-0.15, -0.1) is 0 Å². The topological polar surface area (TPSA) is 56.7 Å². The van der Waals surface area contributed by atoms with Crippen LogP contribution in [-0.2, 0) is 0 Å². The molecule has 0 aliphatic rings. The molecule has 0 unspecified atom stereocenters. The fourth-order valence-corrected chi connectivity index (χ4v) is 8.00. The van der Waals surface area contributed by atoms with Crippen molar-refractivity contribution in [2.24, 2.45) is 0 Å². The number of aromatic nitrogens is 4. The summed E-state index contributed by atoms with van der Waals surface area (Å²) in [7, 11) is 0. The molecule has 11 rings (SSSR count). The Hall–Kier alpha value is -7.63. The maximum atomic E-state index is 6.85. The van der Waals surface area contributed by atoms with Crippen molar-refractivity contribution in [3.8, 4) is 62.1 Å². The fraction of sp³-hybridized carbons (Fsp3) is 0. The maximum absolute atomic E-state index is 6.85. The van der Waals surface area contributed by atoms with Gasteiger partial charge in [-0.2, -0.15) is 0 Å². The van der Waals surface area contributed by atoms with Gasteiger partial charge in [0.2, 0.25) is 0 Å². The molecule has 0 saturated heterocycles. The van der Waals surface area contributed by atoms with Crippen LogP contribution in [0.25, 0.3) is 106 Å². The Bertz CT molecular complexity index is 3160. The van der Waals surface area contributed by atoms with Crippen LogP contribution in [0.2, 0.25) is 0 Å². The van der Waals surface area contributed by atoms with E-state index in [4.69, 9.17) is 19.4 Å². The summed E-state index contributed by atoms with van der Waals surface area (Å²) in [6, 6.07) is 67.5. The van der Waals surface area contributed by atoms with E-state index in [1.807, 2.05) is 66.7 Å². The normalized spacial score (nSPS) is 11.6. The molecule has 0 amide bonds. The molecule has 0 radical (unpaired) electrons. The van der Waals surface area contributed by atoms with Crippen molar-refractivity contribution in [2.75, 3.05) is 0 Å². The summed E-state index contributed by atoms with van der Waals surface area (Å²) in [5.41, 5.74) is 12.2. The third kappa shape index (κ3) is 5.29. The van der Waals surface area contributed by atoms with E-state index in [2.05, 4.69) is 132 Å². The molecule has 5 heteroatoms. The van der Waals surface area contributed by atoms with Gasteiger partial charge in [0, 0.05) is 43.9 Å². The van der Waals surface area contributed by atoms with Crippen LogP contribution in [-0.4, -0.2) is 19.5 Å². The predicted molar refractivity (Wildman–Crippen MR) is 229 cm³/mol. The Labute approximate surface area is 322 Å². The lowest BCUT2D eigenvalue weighted by Crippen LogP contribution is -2.00. The van der Waals surface area contributed by atoms with Crippen LogP contribution in [0.3, 0.4) is 0 Å². The first kappa shape index (κ1) is 31.9. The Balaban J connectivity index is 1.00. The van der Waals surface area contributed by atoms with Gasteiger partial charge < -0.3 is 8.98 Å². The van der Waals surface area contributed by atoms with Gasteiger partial charge in [0.05, 0.1) is 16.6 Å². The molecular weight excluding hydrogens is 685 g/mol. The van der Waals surface area contributed by atoms with Gasteiger partial charge in [-0.1, -0.05) is 158 Å². The van der Waals surface area contributed by atoms with Gasteiger partial charge in [-0.3, -0.25) is 0 Å². The van der Waals surface area contributed by atoms with Crippen LogP contribution in [0.15, 0.2) is 199 Å². The molecule has 0 atom stereocenters. The number of rotatable bonds is 6. The minimum absolute atomic E-state index is 0.567. The number of fused-ring (bicyclic) bond motifs is 6. The molecule has 0 aliphatic heterocycles. The molecule has 56 heavy (non-hydrogen) atoms. The second-order valence-electron chi connectivity index (χ2n) is 14.0. The summed E-state index contributed by atoms with van der Waals surface area (Å²) in [5, 5.41) is 4.54. The summed E-state index contributed by atoms with van der Waals surface area (Å²) in [6.45, 7) is 0. The molecular formula is C51H32N4O. The molecule has 0 spiro atoms. The van der Waals surface area contributed by atoms with E-state index in [1.54, 1.807) is 0 Å². The van der Waals surface area contributed by atoms with Crippen molar-refractivity contribution in [1.82, 2.24) is 19.5 Å². The first-order chi connectivity index (χ1) is 27.8. The van der Waals surface area contributed by atoms with Gasteiger partial charge >= 0.3 is 0 Å². The Morgan fingerprint density at radius 1 is 0.321 bits per heavy atom. The minimum Gasteiger partial charge on any atom is -0.455 e. The Kier molecular flexibility index (Phi) is 7.42. The number of benzene rings is 8. The minimum atomic E-state index is 0.567. The molecule has 3 aromatic heterocycles. The van der Waals surface area contributed by atoms with Crippen molar-refractivity contribution >= 4 is 43.7 Å². The van der Waals surface area contributed by atoms with Crippen LogP contribution < -0.4 is 0 Å². The molecule has 11 aromatic rings. The fourth-order valence-electron chi connectivity index (χ4n) is 8.00. The highest BCUT2D eigenvalue weighted by Crippen LogP contribution is 2.41. The second-order valence-corrected chi connectivity index (χ2v) is 14.0. The number of nitrogens with zero attached hydrogens (tertiary/aromatic N) is 4. The molecule has 0 N–H and O–H groups in total. The molecule has 0 saturated carbocycles. The van der Waals surface area contributed by atoms with Crippen LogP contribution >= 0.6 is 0 Å². The summed E-state index contributed by atoms with van der Waals surface area (Å²) in [5.74, 6) is 1.80. The van der Waals surface area contributed by atoms with E-state index < -0.39 is 0 Å². The Morgan fingerprint density at radius 3 is 1.50 bits per heavy atom. The van der Waals surface area contributed by atoms with E-state index in [9.17, 15) is 0 Å². The van der Waals surface area contributed by atoms with Crippen molar-refractivity contribution < 1.29 is 4.42 Å². The van der Waals surface area contributed by atoms with Gasteiger partial charge in [0.25, 0.3) is 0 Å². The summed E-state index contributed by atoms with van der Waals surface area (Å²) >= 11 is 0. The number of hydrogen-bond donors (Lipinski definition) is 0. The summed E-state index contributed by atoms with van der Waals surface area (Å²) in [4.78, 5) is 14.9. The third-order valence-corrected chi connectivity index (χ3v) is 10.7. The zero-order valence-corrected chi connectivity index (χ0v) is 30.2. The molecule has 3 heterocycles. The monoisotopic (exact) mass is 716 g/mol. The lowest BCUT2D eigenvalue weighted by molar-refractivity contribution is 0.670. The zero-order chi connectivity index (χ0) is 37.0. The number of furan rings is 1. The van der Waals surface area contributed by atoms with Crippen LogP contribution in [0.4, 0.5) is 0 Å². The lowest BCUT2D eigenvalue weighted by atomic mass is 9.98. The van der Waals surface area contributed by atoms with Crippen molar-refractivity contribution in [2.45, 2.75) is 0 Å². The first-order valence-electron chi connectivity index (χ1n) is 18.8. The van der Waals surface area contributed by atoms with Gasteiger partial charge in [-0.05, 0) is 53.1 Å². The molecule has 0 bridgehead atoms.